The zero-order valence-electron chi connectivity index (χ0n) is 16.6. The van der Waals surface area contributed by atoms with Gasteiger partial charge in [-0.2, -0.15) is 5.10 Å². The third kappa shape index (κ3) is 4.48. The highest BCUT2D eigenvalue weighted by atomic mass is 16.2. The molecular weight excluding hydrogens is 354 g/mol. The summed E-state index contributed by atoms with van der Waals surface area (Å²) in [7, 11) is 3.92. The number of aryl methyl sites for hydroxylation is 1. The molecule has 2 aromatic rings. The number of nitrogens with zero attached hydrogens (tertiary/aromatic N) is 4. The van der Waals surface area contributed by atoms with Gasteiger partial charge in [0.25, 0.3) is 5.91 Å². The topological polar surface area (TPSA) is 84.5 Å². The summed E-state index contributed by atoms with van der Waals surface area (Å²) in [4.78, 5) is 28.1. The minimum Gasteiger partial charge on any atom is -0.365 e. The van der Waals surface area contributed by atoms with E-state index in [0.29, 0.717) is 24.3 Å². The molecule has 2 amide bonds. The first-order valence-electron chi connectivity index (χ1n) is 9.41. The summed E-state index contributed by atoms with van der Waals surface area (Å²) in [5.74, 6) is -0.496. The maximum Gasteiger partial charge on any atom is 0.252 e. The fraction of sp³-hybridized carbons (Fsp3) is 0.381. The van der Waals surface area contributed by atoms with Crippen LogP contribution in [0.1, 0.15) is 28.4 Å². The van der Waals surface area contributed by atoms with Crippen molar-refractivity contribution in [3.63, 3.8) is 0 Å². The second kappa shape index (κ2) is 8.39. The van der Waals surface area contributed by atoms with E-state index in [-0.39, 0.29) is 11.9 Å². The predicted molar refractivity (Wildman–Crippen MR) is 109 cm³/mol. The second-order valence-electron chi connectivity index (χ2n) is 7.49. The maximum absolute atomic E-state index is 12.4. The van der Waals surface area contributed by atoms with Crippen LogP contribution < -0.4 is 5.73 Å². The van der Waals surface area contributed by atoms with Crippen molar-refractivity contribution in [2.24, 2.45) is 5.73 Å². The monoisotopic (exact) mass is 381 g/mol. The summed E-state index contributed by atoms with van der Waals surface area (Å²) in [6, 6.07) is 7.87. The number of benzene rings is 1. The largest absolute Gasteiger partial charge is 0.365 e. The molecule has 1 atom stereocenters. The number of likely N-dealkylation sites (tertiary alicyclic amines) is 1. The Labute approximate surface area is 165 Å². The average Bonchev–Trinajstić information content (AvgIpc) is 3.29. The molecule has 2 heterocycles. The second-order valence-corrected chi connectivity index (χ2v) is 7.49. The lowest BCUT2D eigenvalue weighted by molar-refractivity contribution is -0.125. The standard InChI is InChI=1S/C21H27N5O2/c1-15-6-8-16(9-7-15)20-18(21(22)28)14-26(23-20)17-10-12-25(13-17)19(27)5-4-11-24(2)3/h4-9,14,17H,10-13H2,1-3H3,(H2,22,28)/b5-4+. The molecule has 2 N–H and O–H groups in total. The zero-order valence-corrected chi connectivity index (χ0v) is 16.6. The molecule has 148 valence electrons. The lowest BCUT2D eigenvalue weighted by atomic mass is 10.1. The molecular formula is C21H27N5O2. The van der Waals surface area contributed by atoms with Crippen LogP contribution in [0.2, 0.25) is 0 Å². The van der Waals surface area contributed by atoms with Crippen LogP contribution in [0.3, 0.4) is 0 Å². The molecule has 7 nitrogen and oxygen atoms in total. The number of carbonyl (C=O) groups excluding carboxylic acids is 2. The van der Waals surface area contributed by atoms with E-state index in [0.717, 1.165) is 24.1 Å². The number of rotatable bonds is 6. The van der Waals surface area contributed by atoms with Gasteiger partial charge >= 0.3 is 0 Å². The van der Waals surface area contributed by atoms with E-state index < -0.39 is 5.91 Å². The molecule has 1 unspecified atom stereocenters. The van der Waals surface area contributed by atoms with Crippen molar-refractivity contribution in [2.45, 2.75) is 19.4 Å². The maximum atomic E-state index is 12.4. The van der Waals surface area contributed by atoms with E-state index in [1.165, 1.54) is 0 Å². The summed E-state index contributed by atoms with van der Waals surface area (Å²) in [5, 5.41) is 4.65. The number of amides is 2. The first-order chi connectivity index (χ1) is 13.3. The third-order valence-corrected chi connectivity index (χ3v) is 4.90. The summed E-state index contributed by atoms with van der Waals surface area (Å²) in [6.07, 6.45) is 5.99. The van der Waals surface area contributed by atoms with E-state index in [1.54, 1.807) is 17.0 Å². The molecule has 1 saturated heterocycles. The van der Waals surface area contributed by atoms with Crippen molar-refractivity contribution in [2.75, 3.05) is 33.7 Å². The molecule has 0 aliphatic carbocycles. The molecule has 1 aliphatic rings. The third-order valence-electron chi connectivity index (χ3n) is 4.90. The molecule has 1 aromatic heterocycles. The highest BCUT2D eigenvalue weighted by Crippen LogP contribution is 2.27. The van der Waals surface area contributed by atoms with Gasteiger partial charge in [0.2, 0.25) is 5.91 Å². The SMILES string of the molecule is Cc1ccc(-c2nn(C3CCN(C(=O)/C=C/CN(C)C)C3)cc2C(N)=O)cc1. The van der Waals surface area contributed by atoms with Gasteiger partial charge in [0, 0.05) is 37.5 Å². The van der Waals surface area contributed by atoms with Crippen molar-refractivity contribution in [1.29, 1.82) is 0 Å². The van der Waals surface area contributed by atoms with Crippen LogP contribution >= 0.6 is 0 Å². The minimum atomic E-state index is -0.501. The lowest BCUT2D eigenvalue weighted by Crippen LogP contribution is -2.27. The minimum absolute atomic E-state index is 0.00499. The Morgan fingerprint density at radius 1 is 1.29 bits per heavy atom. The van der Waals surface area contributed by atoms with E-state index in [4.69, 9.17) is 5.73 Å². The van der Waals surface area contributed by atoms with Crippen LogP contribution in [0.4, 0.5) is 0 Å². The van der Waals surface area contributed by atoms with Gasteiger partial charge < -0.3 is 15.5 Å². The van der Waals surface area contributed by atoms with Crippen LogP contribution in [0.15, 0.2) is 42.6 Å². The molecule has 1 aromatic carbocycles. The van der Waals surface area contributed by atoms with Crippen molar-refractivity contribution >= 4 is 11.8 Å². The molecule has 1 aliphatic heterocycles. The smallest absolute Gasteiger partial charge is 0.252 e. The first kappa shape index (κ1) is 19.8. The van der Waals surface area contributed by atoms with Gasteiger partial charge in [0.05, 0.1) is 11.6 Å². The average molecular weight is 381 g/mol. The summed E-state index contributed by atoms with van der Waals surface area (Å²) in [5.41, 5.74) is 8.56. The molecule has 0 bridgehead atoms. The molecule has 0 spiro atoms. The van der Waals surface area contributed by atoms with Gasteiger partial charge in [-0.3, -0.25) is 14.3 Å². The number of primary amides is 1. The summed E-state index contributed by atoms with van der Waals surface area (Å²) < 4.78 is 1.78. The van der Waals surface area contributed by atoms with E-state index in [2.05, 4.69) is 5.10 Å². The summed E-state index contributed by atoms with van der Waals surface area (Å²) >= 11 is 0. The van der Waals surface area contributed by atoms with Crippen molar-refractivity contribution in [3.8, 4) is 11.3 Å². The number of aromatic nitrogens is 2. The molecule has 0 saturated carbocycles. The van der Waals surface area contributed by atoms with Gasteiger partial charge in [0.15, 0.2) is 0 Å². The van der Waals surface area contributed by atoms with Gasteiger partial charge in [-0.25, -0.2) is 0 Å². The van der Waals surface area contributed by atoms with Gasteiger partial charge in [-0.15, -0.1) is 0 Å². The molecule has 0 radical (unpaired) electrons. The van der Waals surface area contributed by atoms with Crippen molar-refractivity contribution in [1.82, 2.24) is 19.6 Å². The Morgan fingerprint density at radius 2 is 2.00 bits per heavy atom. The Morgan fingerprint density at radius 3 is 2.64 bits per heavy atom. The van der Waals surface area contributed by atoms with Crippen LogP contribution in [0.25, 0.3) is 11.3 Å². The Hall–Kier alpha value is -2.93. The first-order valence-corrected chi connectivity index (χ1v) is 9.41. The number of likely N-dealkylation sites (N-methyl/N-ethyl adjacent to an activating group) is 1. The van der Waals surface area contributed by atoms with Gasteiger partial charge in [0.1, 0.15) is 5.69 Å². The quantitative estimate of drug-likeness (QED) is 0.774. The highest BCUT2D eigenvalue weighted by Gasteiger charge is 2.28. The highest BCUT2D eigenvalue weighted by molar-refractivity contribution is 5.98. The zero-order chi connectivity index (χ0) is 20.3. The fourth-order valence-corrected chi connectivity index (χ4v) is 3.31. The van der Waals surface area contributed by atoms with Gasteiger partial charge in [-0.1, -0.05) is 35.9 Å². The summed E-state index contributed by atoms with van der Waals surface area (Å²) in [6.45, 7) is 3.97. The normalized spacial score (nSPS) is 17.0. The van der Waals surface area contributed by atoms with Crippen LogP contribution in [0.5, 0.6) is 0 Å². The van der Waals surface area contributed by atoms with Crippen LogP contribution in [-0.2, 0) is 4.79 Å². The Bertz CT molecular complexity index is 883. The number of hydrogen-bond acceptors (Lipinski definition) is 4. The molecule has 7 heteroatoms. The van der Waals surface area contributed by atoms with Crippen molar-refractivity contribution in [3.05, 3.63) is 53.7 Å². The predicted octanol–water partition coefficient (Wildman–Crippen LogP) is 1.85. The molecule has 28 heavy (non-hydrogen) atoms. The molecule has 1 fully saturated rings. The number of nitrogens with two attached hydrogens (primary N) is 1. The fourth-order valence-electron chi connectivity index (χ4n) is 3.31. The molecule has 3 rings (SSSR count). The van der Waals surface area contributed by atoms with Gasteiger partial charge in [-0.05, 0) is 27.4 Å². The Balaban J connectivity index is 1.77. The van der Waals surface area contributed by atoms with E-state index >= 15 is 0 Å². The number of carbonyl (C=O) groups is 2. The van der Waals surface area contributed by atoms with Crippen molar-refractivity contribution < 1.29 is 9.59 Å². The lowest BCUT2D eigenvalue weighted by Gasteiger charge is -2.15. The van der Waals surface area contributed by atoms with Crippen LogP contribution in [-0.4, -0.2) is 65.1 Å². The Kier molecular flexibility index (Phi) is 5.94. The van der Waals surface area contributed by atoms with E-state index in [1.807, 2.05) is 61.2 Å². The van der Waals surface area contributed by atoms with E-state index in [9.17, 15) is 9.59 Å². The van der Waals surface area contributed by atoms with Crippen LogP contribution in [0, 0.1) is 6.92 Å². The number of hydrogen-bond donors (Lipinski definition) is 1.